The van der Waals surface area contributed by atoms with Crippen LogP contribution in [-0.4, -0.2) is 24.7 Å². The molecule has 2 fully saturated rings. The van der Waals surface area contributed by atoms with Crippen molar-refractivity contribution in [1.29, 1.82) is 0 Å². The Morgan fingerprint density at radius 2 is 1.95 bits per heavy atom. The predicted molar refractivity (Wildman–Crippen MR) is 81.9 cm³/mol. The van der Waals surface area contributed by atoms with Gasteiger partial charge in [-0.05, 0) is 36.7 Å². The number of rotatable bonds is 6. The second kappa shape index (κ2) is 6.06. The highest BCUT2D eigenvalue weighted by molar-refractivity contribution is 5.67. The van der Waals surface area contributed by atoms with Crippen LogP contribution in [0.5, 0.6) is 0 Å². The minimum Gasteiger partial charge on any atom is -0.445 e. The first-order valence-corrected chi connectivity index (χ1v) is 7.84. The summed E-state index contributed by atoms with van der Waals surface area (Å²) in [5, 5.41) is 6.52. The quantitative estimate of drug-likeness (QED) is 0.846. The topological polar surface area (TPSA) is 50.4 Å². The number of nitrogens with one attached hydrogen (secondary N) is 2. The normalized spacial score (nSPS) is 25.8. The highest BCUT2D eigenvalue weighted by Crippen LogP contribution is 2.44. The Balaban J connectivity index is 1.28. The predicted octanol–water partition coefficient (Wildman–Crippen LogP) is 2.83. The van der Waals surface area contributed by atoms with Gasteiger partial charge in [0.2, 0.25) is 0 Å². The minimum atomic E-state index is -0.309. The summed E-state index contributed by atoms with van der Waals surface area (Å²) in [5.41, 5.74) is 1.56. The van der Waals surface area contributed by atoms with E-state index in [0.717, 1.165) is 24.9 Å². The fraction of sp³-hybridized carbons (Fsp3) is 0.588. The number of hydrogen-bond acceptors (Lipinski definition) is 3. The summed E-state index contributed by atoms with van der Waals surface area (Å²) in [6.07, 6.45) is 4.41. The standard InChI is InChI=1S/C17H24N2O2/c1-17(7-8-17)12-18-14-9-15(10-14)19-16(20)21-11-13-5-3-2-4-6-13/h2-6,14-15,18H,7-12H2,1H3,(H,19,20). The zero-order chi connectivity index (χ0) is 14.7. The largest absolute Gasteiger partial charge is 0.445 e. The van der Waals surface area contributed by atoms with Crippen LogP contribution < -0.4 is 10.6 Å². The molecule has 114 valence electrons. The van der Waals surface area contributed by atoms with E-state index in [4.69, 9.17) is 4.74 Å². The molecule has 0 atom stereocenters. The fourth-order valence-corrected chi connectivity index (χ4v) is 2.61. The Bertz CT molecular complexity index is 479. The summed E-state index contributed by atoms with van der Waals surface area (Å²) in [6.45, 7) is 3.78. The van der Waals surface area contributed by atoms with E-state index >= 15 is 0 Å². The lowest BCUT2D eigenvalue weighted by molar-refractivity contribution is 0.125. The lowest BCUT2D eigenvalue weighted by Gasteiger charge is -2.36. The van der Waals surface area contributed by atoms with Crippen LogP contribution in [-0.2, 0) is 11.3 Å². The van der Waals surface area contributed by atoms with Crippen molar-refractivity contribution in [2.45, 2.75) is 51.3 Å². The third kappa shape index (κ3) is 4.21. The van der Waals surface area contributed by atoms with Gasteiger partial charge in [0.1, 0.15) is 6.61 Å². The van der Waals surface area contributed by atoms with Gasteiger partial charge < -0.3 is 15.4 Å². The molecule has 0 unspecified atom stereocenters. The van der Waals surface area contributed by atoms with E-state index < -0.39 is 0 Å². The summed E-state index contributed by atoms with van der Waals surface area (Å²) in [4.78, 5) is 11.7. The fourth-order valence-electron chi connectivity index (χ4n) is 2.61. The maximum atomic E-state index is 11.7. The van der Waals surface area contributed by atoms with Crippen molar-refractivity contribution in [3.05, 3.63) is 35.9 Å². The smallest absolute Gasteiger partial charge is 0.407 e. The van der Waals surface area contributed by atoms with E-state index in [0.29, 0.717) is 18.1 Å². The molecule has 2 N–H and O–H groups in total. The van der Waals surface area contributed by atoms with Gasteiger partial charge in [0.15, 0.2) is 0 Å². The summed E-state index contributed by atoms with van der Waals surface area (Å²) in [6, 6.07) is 10.6. The molecule has 0 saturated heterocycles. The zero-order valence-corrected chi connectivity index (χ0v) is 12.6. The lowest BCUT2D eigenvalue weighted by Crippen LogP contribution is -2.53. The minimum absolute atomic E-state index is 0.262. The molecular weight excluding hydrogens is 264 g/mol. The molecule has 4 nitrogen and oxygen atoms in total. The first-order chi connectivity index (χ1) is 10.1. The van der Waals surface area contributed by atoms with Gasteiger partial charge in [-0.2, -0.15) is 0 Å². The molecule has 0 aromatic heterocycles. The Morgan fingerprint density at radius 1 is 1.24 bits per heavy atom. The molecule has 0 heterocycles. The van der Waals surface area contributed by atoms with Gasteiger partial charge in [0, 0.05) is 18.6 Å². The van der Waals surface area contributed by atoms with Gasteiger partial charge in [-0.1, -0.05) is 37.3 Å². The highest BCUT2D eigenvalue weighted by Gasteiger charge is 2.39. The summed E-state index contributed by atoms with van der Waals surface area (Å²) >= 11 is 0. The van der Waals surface area contributed by atoms with E-state index in [2.05, 4.69) is 17.6 Å². The first-order valence-electron chi connectivity index (χ1n) is 7.84. The zero-order valence-electron chi connectivity index (χ0n) is 12.6. The van der Waals surface area contributed by atoms with E-state index in [-0.39, 0.29) is 12.1 Å². The van der Waals surface area contributed by atoms with Crippen molar-refractivity contribution in [2.75, 3.05) is 6.54 Å². The highest BCUT2D eigenvalue weighted by atomic mass is 16.5. The molecule has 0 bridgehead atoms. The van der Waals surface area contributed by atoms with E-state index in [1.807, 2.05) is 30.3 Å². The number of carbonyl (C=O) groups is 1. The van der Waals surface area contributed by atoms with Crippen LogP contribution >= 0.6 is 0 Å². The van der Waals surface area contributed by atoms with Crippen molar-refractivity contribution < 1.29 is 9.53 Å². The van der Waals surface area contributed by atoms with Crippen LogP contribution in [0.3, 0.4) is 0 Å². The molecule has 1 amide bonds. The third-order valence-corrected chi connectivity index (χ3v) is 4.59. The molecule has 4 heteroatoms. The molecule has 21 heavy (non-hydrogen) atoms. The molecule has 1 aromatic carbocycles. The van der Waals surface area contributed by atoms with Gasteiger partial charge in [0.25, 0.3) is 0 Å². The maximum absolute atomic E-state index is 11.7. The molecular formula is C17H24N2O2. The summed E-state index contributed by atoms with van der Waals surface area (Å²) in [5.74, 6) is 0. The third-order valence-electron chi connectivity index (χ3n) is 4.59. The second-order valence-electron chi connectivity index (χ2n) is 6.76. The Kier molecular flexibility index (Phi) is 4.15. The van der Waals surface area contributed by atoms with Gasteiger partial charge in [0.05, 0.1) is 0 Å². The van der Waals surface area contributed by atoms with Crippen LogP contribution in [0.1, 0.15) is 38.2 Å². The average Bonchev–Trinajstić information content (AvgIpc) is 3.18. The van der Waals surface area contributed by atoms with Crippen LogP contribution in [0.15, 0.2) is 30.3 Å². The van der Waals surface area contributed by atoms with Crippen LogP contribution in [0.25, 0.3) is 0 Å². The van der Waals surface area contributed by atoms with Crippen molar-refractivity contribution in [3.8, 4) is 0 Å². The number of benzene rings is 1. The number of amides is 1. The van der Waals surface area contributed by atoms with Gasteiger partial charge in [-0.15, -0.1) is 0 Å². The van der Waals surface area contributed by atoms with E-state index in [1.165, 1.54) is 12.8 Å². The Hall–Kier alpha value is -1.55. The lowest BCUT2D eigenvalue weighted by atomic mass is 9.86. The molecule has 3 rings (SSSR count). The van der Waals surface area contributed by atoms with Gasteiger partial charge >= 0.3 is 6.09 Å². The molecule has 2 aliphatic carbocycles. The summed E-state index contributed by atoms with van der Waals surface area (Å²) in [7, 11) is 0. The maximum Gasteiger partial charge on any atom is 0.407 e. The average molecular weight is 288 g/mol. The molecule has 0 radical (unpaired) electrons. The second-order valence-corrected chi connectivity index (χ2v) is 6.76. The Labute approximate surface area is 126 Å². The molecule has 1 aromatic rings. The van der Waals surface area contributed by atoms with Crippen LogP contribution in [0.4, 0.5) is 4.79 Å². The number of ether oxygens (including phenoxy) is 1. The van der Waals surface area contributed by atoms with E-state index in [9.17, 15) is 4.79 Å². The Morgan fingerprint density at radius 3 is 2.62 bits per heavy atom. The monoisotopic (exact) mass is 288 g/mol. The van der Waals surface area contributed by atoms with Crippen molar-refractivity contribution in [3.63, 3.8) is 0 Å². The number of carbonyl (C=O) groups excluding carboxylic acids is 1. The molecule has 2 saturated carbocycles. The SMILES string of the molecule is CC1(CNC2CC(NC(=O)OCc3ccccc3)C2)CC1. The van der Waals surface area contributed by atoms with Crippen LogP contribution in [0, 0.1) is 5.41 Å². The van der Waals surface area contributed by atoms with Crippen molar-refractivity contribution in [2.24, 2.45) is 5.41 Å². The van der Waals surface area contributed by atoms with E-state index in [1.54, 1.807) is 0 Å². The van der Waals surface area contributed by atoms with Crippen molar-refractivity contribution in [1.82, 2.24) is 10.6 Å². The first kappa shape index (κ1) is 14.4. The molecule has 0 spiro atoms. The summed E-state index contributed by atoms with van der Waals surface area (Å²) < 4.78 is 5.22. The van der Waals surface area contributed by atoms with Gasteiger partial charge in [-0.3, -0.25) is 0 Å². The molecule has 0 aliphatic heterocycles. The number of alkyl carbamates (subject to hydrolysis) is 1. The molecule has 2 aliphatic rings. The number of hydrogen-bond donors (Lipinski definition) is 2. The van der Waals surface area contributed by atoms with Gasteiger partial charge in [-0.25, -0.2) is 4.79 Å². The van der Waals surface area contributed by atoms with Crippen molar-refractivity contribution >= 4 is 6.09 Å². The van der Waals surface area contributed by atoms with Crippen LogP contribution in [0.2, 0.25) is 0 Å².